The van der Waals surface area contributed by atoms with Crippen molar-refractivity contribution in [2.45, 2.75) is 6.43 Å². The fourth-order valence-corrected chi connectivity index (χ4v) is 2.74. The maximum absolute atomic E-state index is 13.1. The van der Waals surface area contributed by atoms with Crippen LogP contribution in [0.3, 0.4) is 0 Å². The van der Waals surface area contributed by atoms with E-state index in [-0.39, 0.29) is 16.6 Å². The number of anilines is 2. The second kappa shape index (κ2) is 6.45. The monoisotopic (exact) mass is 414 g/mol. The fraction of sp³-hybridized carbons (Fsp3) is 0.133. The highest BCUT2D eigenvalue weighted by Crippen LogP contribution is 2.33. The van der Waals surface area contributed by atoms with Crippen molar-refractivity contribution < 1.29 is 8.78 Å². The van der Waals surface area contributed by atoms with Crippen LogP contribution < -0.4 is 10.9 Å². The van der Waals surface area contributed by atoms with Gasteiger partial charge in [-0.2, -0.15) is 5.10 Å². The molecule has 0 aliphatic carbocycles. The minimum Gasteiger partial charge on any atom is -0.338 e. The summed E-state index contributed by atoms with van der Waals surface area (Å²) in [4.78, 5) is 16.3. The Morgan fingerprint density at radius 2 is 2.12 bits per heavy atom. The van der Waals surface area contributed by atoms with Crippen LogP contribution in [0.25, 0.3) is 10.8 Å². The van der Waals surface area contributed by atoms with Gasteiger partial charge >= 0.3 is 0 Å². The number of benzene rings is 1. The van der Waals surface area contributed by atoms with E-state index in [1.54, 1.807) is 18.2 Å². The molecule has 0 amide bonds. The van der Waals surface area contributed by atoms with Crippen LogP contribution in [-0.4, -0.2) is 14.8 Å². The summed E-state index contributed by atoms with van der Waals surface area (Å²) in [5.41, 5.74) is -0.467. The normalized spacial score (nSPS) is 11.2. The maximum atomic E-state index is 13.1. The number of fused-ring (bicyclic) bond motifs is 1. The van der Waals surface area contributed by atoms with Crippen molar-refractivity contribution in [1.82, 2.24) is 14.8 Å². The van der Waals surface area contributed by atoms with Gasteiger partial charge in [0.05, 0.1) is 22.3 Å². The minimum absolute atomic E-state index is 0.00537. The maximum Gasteiger partial charge on any atom is 0.280 e. The van der Waals surface area contributed by atoms with Crippen LogP contribution in [0.5, 0.6) is 0 Å². The van der Waals surface area contributed by atoms with Crippen LogP contribution in [0.4, 0.5) is 20.3 Å². The van der Waals surface area contributed by atoms with Crippen molar-refractivity contribution in [3.63, 3.8) is 0 Å². The summed E-state index contributed by atoms with van der Waals surface area (Å²) in [7, 11) is 1.47. The highest BCUT2D eigenvalue weighted by Gasteiger charge is 2.17. The van der Waals surface area contributed by atoms with Crippen LogP contribution in [0.1, 0.15) is 12.1 Å². The Hall–Kier alpha value is -2.06. The number of nitrogens with one attached hydrogen (secondary N) is 1. The smallest absolute Gasteiger partial charge is 0.280 e. The molecule has 3 aromatic rings. The van der Waals surface area contributed by atoms with Gasteiger partial charge in [-0.25, -0.2) is 18.4 Å². The Balaban J connectivity index is 2.26. The first kappa shape index (κ1) is 16.8. The number of halogens is 4. The SMILES string of the molecule is Cn1ncc2cc(C(F)F)nc(Nc3cccc(Br)c3Cl)c2c1=O. The van der Waals surface area contributed by atoms with Gasteiger partial charge in [0.25, 0.3) is 12.0 Å². The molecular formula is C15H10BrClF2N4O. The molecule has 0 aliphatic heterocycles. The van der Waals surface area contributed by atoms with Gasteiger partial charge in [0, 0.05) is 16.9 Å². The van der Waals surface area contributed by atoms with Gasteiger partial charge in [-0.1, -0.05) is 17.7 Å². The van der Waals surface area contributed by atoms with Crippen molar-refractivity contribution in [2.24, 2.45) is 7.05 Å². The predicted molar refractivity (Wildman–Crippen MR) is 92.2 cm³/mol. The Bertz CT molecular complexity index is 993. The average molecular weight is 416 g/mol. The topological polar surface area (TPSA) is 59.8 Å². The van der Waals surface area contributed by atoms with E-state index in [4.69, 9.17) is 11.6 Å². The minimum atomic E-state index is -2.78. The number of nitrogens with zero attached hydrogens (tertiary/aromatic N) is 3. The Labute approximate surface area is 148 Å². The quantitative estimate of drug-likeness (QED) is 0.688. The summed E-state index contributed by atoms with van der Waals surface area (Å²) in [6.45, 7) is 0. The number of aryl methyl sites for hydroxylation is 1. The van der Waals surface area contributed by atoms with Crippen molar-refractivity contribution in [3.05, 3.63) is 56.0 Å². The molecule has 124 valence electrons. The number of rotatable bonds is 3. The zero-order valence-electron chi connectivity index (χ0n) is 12.2. The third kappa shape index (κ3) is 2.99. The summed E-state index contributed by atoms with van der Waals surface area (Å²) >= 11 is 9.47. The standard InChI is InChI=1S/C15H10BrClF2N4O/c1-23-15(24)11-7(6-20-23)5-10(13(18)19)22-14(11)21-9-4-2-3-8(16)12(9)17/h2-6,13H,1H3,(H,21,22). The van der Waals surface area contributed by atoms with Crippen molar-refractivity contribution >= 4 is 49.8 Å². The second-order valence-corrected chi connectivity index (χ2v) is 6.19. The molecule has 9 heteroatoms. The molecule has 0 atom stereocenters. The molecule has 1 N–H and O–H groups in total. The summed E-state index contributed by atoms with van der Waals surface area (Å²) in [6.07, 6.45) is -1.44. The molecule has 0 aliphatic rings. The molecule has 3 rings (SSSR count). The molecule has 24 heavy (non-hydrogen) atoms. The second-order valence-electron chi connectivity index (χ2n) is 4.96. The van der Waals surface area contributed by atoms with Crippen molar-refractivity contribution in [1.29, 1.82) is 0 Å². The van der Waals surface area contributed by atoms with Gasteiger partial charge in [-0.05, 0) is 34.1 Å². The number of hydrogen-bond donors (Lipinski definition) is 1. The molecule has 0 bridgehead atoms. The molecule has 0 saturated carbocycles. The highest BCUT2D eigenvalue weighted by molar-refractivity contribution is 9.10. The van der Waals surface area contributed by atoms with Crippen molar-refractivity contribution in [3.8, 4) is 0 Å². The lowest BCUT2D eigenvalue weighted by atomic mass is 10.2. The van der Waals surface area contributed by atoms with Gasteiger partial charge in [0.15, 0.2) is 0 Å². The zero-order valence-corrected chi connectivity index (χ0v) is 14.6. The third-order valence-electron chi connectivity index (χ3n) is 3.38. The largest absolute Gasteiger partial charge is 0.338 e. The van der Waals surface area contributed by atoms with E-state index in [2.05, 4.69) is 31.3 Å². The number of hydrogen-bond acceptors (Lipinski definition) is 4. The van der Waals surface area contributed by atoms with Gasteiger partial charge in [-0.3, -0.25) is 4.79 Å². The summed E-state index contributed by atoms with van der Waals surface area (Å²) in [5.74, 6) is 0.00537. The van der Waals surface area contributed by atoms with E-state index >= 15 is 0 Å². The summed E-state index contributed by atoms with van der Waals surface area (Å²) < 4.78 is 28.0. The lowest BCUT2D eigenvalue weighted by molar-refractivity contribution is 0.146. The summed E-state index contributed by atoms with van der Waals surface area (Å²) in [5, 5.41) is 7.51. The number of aromatic nitrogens is 3. The average Bonchev–Trinajstić information content (AvgIpc) is 2.55. The van der Waals surface area contributed by atoms with Gasteiger partial charge in [0.2, 0.25) is 0 Å². The number of alkyl halides is 2. The lowest BCUT2D eigenvalue weighted by Gasteiger charge is -2.13. The first-order chi connectivity index (χ1) is 11.4. The zero-order chi connectivity index (χ0) is 17.4. The molecule has 0 saturated heterocycles. The van der Waals surface area contributed by atoms with E-state index in [1.165, 1.54) is 13.2 Å². The van der Waals surface area contributed by atoms with Crippen LogP contribution in [0.2, 0.25) is 5.02 Å². The molecule has 5 nitrogen and oxygen atoms in total. The molecular weight excluding hydrogens is 406 g/mol. The van der Waals surface area contributed by atoms with E-state index in [1.807, 2.05) is 0 Å². The van der Waals surface area contributed by atoms with Gasteiger partial charge in [0.1, 0.15) is 11.5 Å². The Kier molecular flexibility index (Phi) is 4.51. The van der Waals surface area contributed by atoms with Crippen molar-refractivity contribution in [2.75, 3.05) is 5.32 Å². The highest BCUT2D eigenvalue weighted by atomic mass is 79.9. The van der Waals surface area contributed by atoms with E-state index in [0.29, 0.717) is 15.2 Å². The van der Waals surface area contributed by atoms with Crippen LogP contribution in [0.15, 0.2) is 39.7 Å². The van der Waals surface area contributed by atoms with Crippen LogP contribution in [0, 0.1) is 0 Å². The molecule has 0 radical (unpaired) electrons. The van der Waals surface area contributed by atoms with E-state index in [9.17, 15) is 13.6 Å². The fourth-order valence-electron chi connectivity index (χ4n) is 2.21. The number of pyridine rings is 1. The molecule has 2 heterocycles. The molecule has 0 fully saturated rings. The van der Waals surface area contributed by atoms with Gasteiger partial charge in [-0.15, -0.1) is 0 Å². The molecule has 0 spiro atoms. The van der Waals surface area contributed by atoms with Gasteiger partial charge < -0.3 is 5.32 Å². The molecule has 0 unspecified atom stereocenters. The third-order valence-corrected chi connectivity index (χ3v) is 4.67. The summed E-state index contributed by atoms with van der Waals surface area (Å²) in [6, 6.07) is 6.26. The van der Waals surface area contributed by atoms with E-state index < -0.39 is 17.7 Å². The first-order valence-corrected chi connectivity index (χ1v) is 7.91. The lowest BCUT2D eigenvalue weighted by Crippen LogP contribution is -2.20. The molecule has 2 aromatic heterocycles. The van der Waals surface area contributed by atoms with Crippen LogP contribution in [-0.2, 0) is 7.05 Å². The van der Waals surface area contributed by atoms with E-state index in [0.717, 1.165) is 10.7 Å². The molecule has 1 aromatic carbocycles. The predicted octanol–water partition coefficient (Wildman–Crippen LogP) is 4.43. The first-order valence-electron chi connectivity index (χ1n) is 6.74. The Morgan fingerprint density at radius 1 is 1.38 bits per heavy atom. The Morgan fingerprint density at radius 3 is 2.83 bits per heavy atom. The van der Waals surface area contributed by atoms with Crippen LogP contribution >= 0.6 is 27.5 Å².